The SMILES string of the molecule is O=C(Oc1ccc([N+](=O)[O-])cc1)O[C@H]1CCO[C@H]2COC[C@H]21. The van der Waals surface area contributed by atoms with Crippen LogP contribution in [-0.2, 0) is 14.2 Å². The first kappa shape index (κ1) is 14.7. The Morgan fingerprint density at radius 3 is 2.77 bits per heavy atom. The van der Waals surface area contributed by atoms with Crippen LogP contribution in [0, 0.1) is 16.0 Å². The molecule has 0 unspecified atom stereocenters. The minimum absolute atomic E-state index is 0.0261. The van der Waals surface area contributed by atoms with Gasteiger partial charge >= 0.3 is 6.16 Å². The number of carbonyl (C=O) groups excluding carboxylic acids is 1. The maximum atomic E-state index is 11.8. The Balaban J connectivity index is 1.56. The summed E-state index contributed by atoms with van der Waals surface area (Å²) < 4.78 is 21.2. The molecule has 3 rings (SSSR count). The summed E-state index contributed by atoms with van der Waals surface area (Å²) in [6.07, 6.45) is -0.566. The molecular weight excluding hydrogens is 294 g/mol. The third-order valence-corrected chi connectivity index (χ3v) is 3.78. The number of nitrogens with zero attached hydrogens (tertiary/aromatic N) is 1. The van der Waals surface area contributed by atoms with Gasteiger partial charge in [-0.25, -0.2) is 4.79 Å². The lowest BCUT2D eigenvalue weighted by Gasteiger charge is -2.31. The molecule has 8 heteroatoms. The number of ether oxygens (including phenoxy) is 4. The van der Waals surface area contributed by atoms with Crippen molar-refractivity contribution in [2.75, 3.05) is 19.8 Å². The molecule has 3 atom stereocenters. The number of rotatable bonds is 3. The lowest BCUT2D eigenvalue weighted by Crippen LogP contribution is -2.41. The summed E-state index contributed by atoms with van der Waals surface area (Å²) in [5, 5.41) is 10.6. The van der Waals surface area contributed by atoms with Crippen molar-refractivity contribution in [3.8, 4) is 5.75 Å². The van der Waals surface area contributed by atoms with E-state index in [2.05, 4.69) is 0 Å². The minimum atomic E-state index is -0.827. The van der Waals surface area contributed by atoms with Gasteiger partial charge in [0.25, 0.3) is 5.69 Å². The molecule has 2 heterocycles. The first-order chi connectivity index (χ1) is 10.6. The van der Waals surface area contributed by atoms with E-state index in [9.17, 15) is 14.9 Å². The Hall–Kier alpha value is -2.19. The normalized spacial score (nSPS) is 27.0. The van der Waals surface area contributed by atoms with Gasteiger partial charge < -0.3 is 18.9 Å². The van der Waals surface area contributed by atoms with E-state index in [0.29, 0.717) is 26.2 Å². The molecule has 0 N–H and O–H groups in total. The van der Waals surface area contributed by atoms with Crippen LogP contribution < -0.4 is 4.74 Å². The zero-order chi connectivity index (χ0) is 15.5. The second kappa shape index (κ2) is 6.29. The van der Waals surface area contributed by atoms with Gasteiger partial charge in [-0.3, -0.25) is 10.1 Å². The minimum Gasteiger partial charge on any atom is -0.430 e. The highest BCUT2D eigenvalue weighted by Crippen LogP contribution is 2.29. The number of carbonyl (C=O) groups is 1. The fourth-order valence-corrected chi connectivity index (χ4v) is 2.65. The molecule has 1 aromatic carbocycles. The largest absolute Gasteiger partial charge is 0.514 e. The topological polar surface area (TPSA) is 97.1 Å². The van der Waals surface area contributed by atoms with Gasteiger partial charge in [-0.15, -0.1) is 0 Å². The highest BCUT2D eigenvalue weighted by Gasteiger charge is 2.41. The molecule has 0 spiro atoms. The van der Waals surface area contributed by atoms with E-state index in [4.69, 9.17) is 18.9 Å². The quantitative estimate of drug-likeness (QED) is 0.364. The van der Waals surface area contributed by atoms with E-state index < -0.39 is 11.1 Å². The Kier molecular flexibility index (Phi) is 4.21. The van der Waals surface area contributed by atoms with Crippen LogP contribution in [0.2, 0.25) is 0 Å². The van der Waals surface area contributed by atoms with Crippen LogP contribution in [0.4, 0.5) is 10.5 Å². The molecule has 2 aliphatic heterocycles. The van der Waals surface area contributed by atoms with Gasteiger partial charge in [0.2, 0.25) is 0 Å². The highest BCUT2D eigenvalue weighted by atomic mass is 16.7. The summed E-state index contributed by atoms with van der Waals surface area (Å²) in [6.45, 7) is 1.53. The average molecular weight is 309 g/mol. The van der Waals surface area contributed by atoms with Crippen molar-refractivity contribution < 1.29 is 28.7 Å². The van der Waals surface area contributed by atoms with Crippen LogP contribution in [-0.4, -0.2) is 43.1 Å². The van der Waals surface area contributed by atoms with E-state index in [1.165, 1.54) is 24.3 Å². The van der Waals surface area contributed by atoms with Crippen molar-refractivity contribution in [2.24, 2.45) is 5.92 Å². The lowest BCUT2D eigenvalue weighted by molar-refractivity contribution is -0.384. The number of hydrogen-bond acceptors (Lipinski definition) is 7. The van der Waals surface area contributed by atoms with Gasteiger partial charge in [0, 0.05) is 24.5 Å². The summed E-state index contributed by atoms with van der Waals surface area (Å²) in [6, 6.07) is 5.23. The molecule has 22 heavy (non-hydrogen) atoms. The van der Waals surface area contributed by atoms with Crippen LogP contribution in [0.15, 0.2) is 24.3 Å². The zero-order valence-electron chi connectivity index (χ0n) is 11.7. The molecule has 0 amide bonds. The van der Waals surface area contributed by atoms with Crippen LogP contribution in [0.5, 0.6) is 5.75 Å². The Morgan fingerprint density at radius 1 is 1.27 bits per heavy atom. The summed E-state index contributed by atoms with van der Waals surface area (Å²) in [5.74, 6) is 0.222. The van der Waals surface area contributed by atoms with Crippen molar-refractivity contribution in [3.05, 3.63) is 34.4 Å². The monoisotopic (exact) mass is 309 g/mol. The van der Waals surface area contributed by atoms with E-state index >= 15 is 0 Å². The third-order valence-electron chi connectivity index (χ3n) is 3.78. The molecule has 0 bridgehead atoms. The smallest absolute Gasteiger partial charge is 0.430 e. The van der Waals surface area contributed by atoms with E-state index in [1.54, 1.807) is 0 Å². The third kappa shape index (κ3) is 3.18. The summed E-state index contributed by atoms with van der Waals surface area (Å²) in [4.78, 5) is 21.9. The zero-order valence-corrected chi connectivity index (χ0v) is 11.7. The standard InChI is InChI=1S/C14H15NO7/c16-14(21-10-3-1-9(2-4-10)15(17)18)22-12-5-6-20-13-8-19-7-11(12)13/h1-4,11-13H,5-8H2/t11-,12-,13-/m0/s1. The predicted octanol–water partition coefficient (Wildman–Crippen LogP) is 1.91. The van der Waals surface area contributed by atoms with Gasteiger partial charge in [-0.2, -0.15) is 0 Å². The highest BCUT2D eigenvalue weighted by molar-refractivity contribution is 5.64. The van der Waals surface area contributed by atoms with Crippen LogP contribution >= 0.6 is 0 Å². The number of nitro groups is 1. The molecule has 8 nitrogen and oxygen atoms in total. The molecule has 2 fully saturated rings. The van der Waals surface area contributed by atoms with Gasteiger partial charge in [0.05, 0.1) is 30.8 Å². The van der Waals surface area contributed by atoms with Crippen molar-refractivity contribution in [1.82, 2.24) is 0 Å². The second-order valence-corrected chi connectivity index (χ2v) is 5.16. The second-order valence-electron chi connectivity index (χ2n) is 5.16. The Labute approximate surface area is 126 Å². The molecule has 1 aromatic rings. The Bertz CT molecular complexity index is 559. The van der Waals surface area contributed by atoms with Gasteiger partial charge in [0.1, 0.15) is 11.9 Å². The van der Waals surface area contributed by atoms with E-state index in [-0.39, 0.29) is 29.6 Å². The summed E-state index contributed by atoms with van der Waals surface area (Å²) >= 11 is 0. The Morgan fingerprint density at radius 2 is 2.05 bits per heavy atom. The molecule has 2 aliphatic rings. The van der Waals surface area contributed by atoms with Crippen LogP contribution in [0.25, 0.3) is 0 Å². The van der Waals surface area contributed by atoms with Gasteiger partial charge in [-0.05, 0) is 12.1 Å². The number of nitro benzene ring substituents is 1. The van der Waals surface area contributed by atoms with Gasteiger partial charge in [-0.1, -0.05) is 0 Å². The molecular formula is C14H15NO7. The summed E-state index contributed by atoms with van der Waals surface area (Å²) in [5.41, 5.74) is -0.0731. The number of non-ortho nitro benzene ring substituents is 1. The van der Waals surface area contributed by atoms with E-state index in [1.807, 2.05) is 0 Å². The fourth-order valence-electron chi connectivity index (χ4n) is 2.65. The molecule has 118 valence electrons. The van der Waals surface area contributed by atoms with Crippen molar-refractivity contribution >= 4 is 11.8 Å². The fraction of sp³-hybridized carbons (Fsp3) is 0.500. The van der Waals surface area contributed by atoms with E-state index in [0.717, 1.165) is 0 Å². The maximum absolute atomic E-state index is 11.8. The molecule has 0 aromatic heterocycles. The maximum Gasteiger partial charge on any atom is 0.514 e. The molecule has 2 saturated heterocycles. The number of hydrogen-bond donors (Lipinski definition) is 0. The molecule has 0 saturated carbocycles. The van der Waals surface area contributed by atoms with Crippen molar-refractivity contribution in [1.29, 1.82) is 0 Å². The molecule has 0 aliphatic carbocycles. The molecule has 0 radical (unpaired) electrons. The lowest BCUT2D eigenvalue weighted by atomic mass is 9.94. The van der Waals surface area contributed by atoms with Crippen LogP contribution in [0.3, 0.4) is 0 Å². The first-order valence-electron chi connectivity index (χ1n) is 6.96. The average Bonchev–Trinajstić information content (AvgIpc) is 2.97. The van der Waals surface area contributed by atoms with Gasteiger partial charge in [0.15, 0.2) is 0 Å². The summed E-state index contributed by atoms with van der Waals surface area (Å²) in [7, 11) is 0. The number of benzene rings is 1. The van der Waals surface area contributed by atoms with Crippen molar-refractivity contribution in [2.45, 2.75) is 18.6 Å². The van der Waals surface area contributed by atoms with Crippen LogP contribution in [0.1, 0.15) is 6.42 Å². The first-order valence-corrected chi connectivity index (χ1v) is 6.96. The predicted molar refractivity (Wildman–Crippen MR) is 72.7 cm³/mol. The number of fused-ring (bicyclic) bond motifs is 1. The van der Waals surface area contributed by atoms with Crippen molar-refractivity contribution in [3.63, 3.8) is 0 Å².